The van der Waals surface area contributed by atoms with Gasteiger partial charge in [-0.15, -0.1) is 0 Å². The Balaban J connectivity index is 1.49. The van der Waals surface area contributed by atoms with Gasteiger partial charge in [0.15, 0.2) is 0 Å². The molecule has 5 aromatic carbocycles. The van der Waals surface area contributed by atoms with Crippen LogP contribution in [0.2, 0.25) is 0 Å². The summed E-state index contributed by atoms with van der Waals surface area (Å²) >= 11 is 0. The van der Waals surface area contributed by atoms with E-state index in [0.29, 0.717) is 0 Å². The van der Waals surface area contributed by atoms with Crippen molar-refractivity contribution in [1.29, 1.82) is 0 Å². The highest BCUT2D eigenvalue weighted by atomic mass is 16.5. The van der Waals surface area contributed by atoms with Crippen LogP contribution >= 0.6 is 0 Å². The first kappa shape index (κ1) is 21.5. The molecule has 0 atom stereocenters. The van der Waals surface area contributed by atoms with Crippen molar-refractivity contribution in [2.45, 2.75) is 6.92 Å². The molecular weight excluding hydrogens is 414 g/mol. The molecule has 0 unspecified atom stereocenters. The molecule has 0 bridgehead atoms. The largest absolute Gasteiger partial charge is 0.497 e. The van der Waals surface area contributed by atoms with Crippen molar-refractivity contribution in [3.63, 3.8) is 0 Å². The third-order valence-electron chi connectivity index (χ3n) is 6.00. The van der Waals surface area contributed by atoms with Crippen molar-refractivity contribution >= 4 is 40.0 Å². The average Bonchev–Trinajstić information content (AvgIpc) is 2.89. The van der Waals surface area contributed by atoms with Gasteiger partial charge >= 0.3 is 0 Å². The Morgan fingerprint density at radius 1 is 0.559 bits per heavy atom. The van der Waals surface area contributed by atoms with Crippen LogP contribution in [0, 0.1) is 6.92 Å². The van der Waals surface area contributed by atoms with Crippen molar-refractivity contribution in [2.24, 2.45) is 0 Å². The van der Waals surface area contributed by atoms with E-state index in [1.54, 1.807) is 7.11 Å². The SMILES string of the molecule is COc1ccc2cc(N(c3ccccc3)c3ccc(/C=C/c4ccc(C)cc4)cc3)ccc2c1. The summed E-state index contributed by atoms with van der Waals surface area (Å²) in [6.45, 7) is 2.11. The number of para-hydroxylation sites is 1. The standard InChI is InChI=1S/C32H27NO/c1-24-8-10-25(11-9-24)12-13-26-14-18-30(19-15-26)33(29-6-4-3-5-7-29)31-20-16-28-23-32(34-2)21-17-27(28)22-31/h3-23H,1-2H3/b13-12+. The number of hydrogen-bond acceptors (Lipinski definition) is 2. The molecule has 0 spiro atoms. The van der Waals surface area contributed by atoms with Crippen LogP contribution in [0.15, 0.2) is 115 Å². The van der Waals surface area contributed by atoms with Crippen LogP contribution in [-0.2, 0) is 0 Å². The Morgan fingerprint density at radius 3 is 1.79 bits per heavy atom. The lowest BCUT2D eigenvalue weighted by molar-refractivity contribution is 0.415. The highest BCUT2D eigenvalue weighted by Crippen LogP contribution is 2.36. The summed E-state index contributed by atoms with van der Waals surface area (Å²) in [4.78, 5) is 2.29. The van der Waals surface area contributed by atoms with Gasteiger partial charge in [0, 0.05) is 17.1 Å². The van der Waals surface area contributed by atoms with Crippen LogP contribution in [0.1, 0.15) is 16.7 Å². The Morgan fingerprint density at radius 2 is 1.12 bits per heavy atom. The number of ether oxygens (including phenoxy) is 1. The maximum atomic E-state index is 5.39. The monoisotopic (exact) mass is 441 g/mol. The van der Waals surface area contributed by atoms with E-state index in [2.05, 4.69) is 127 Å². The van der Waals surface area contributed by atoms with Crippen molar-refractivity contribution in [1.82, 2.24) is 0 Å². The molecule has 5 rings (SSSR count). The van der Waals surface area contributed by atoms with E-state index in [1.807, 2.05) is 12.1 Å². The topological polar surface area (TPSA) is 12.5 Å². The molecule has 34 heavy (non-hydrogen) atoms. The zero-order valence-electron chi connectivity index (χ0n) is 19.5. The molecule has 2 heteroatoms. The first-order valence-electron chi connectivity index (χ1n) is 11.5. The third kappa shape index (κ3) is 4.72. The first-order chi connectivity index (χ1) is 16.7. The minimum atomic E-state index is 0.870. The highest BCUT2D eigenvalue weighted by Gasteiger charge is 2.12. The van der Waals surface area contributed by atoms with Crippen LogP contribution in [0.25, 0.3) is 22.9 Å². The Kier molecular flexibility index (Phi) is 6.13. The number of nitrogens with zero attached hydrogens (tertiary/aromatic N) is 1. The van der Waals surface area contributed by atoms with Gasteiger partial charge in [-0.2, -0.15) is 0 Å². The van der Waals surface area contributed by atoms with Crippen LogP contribution in [0.3, 0.4) is 0 Å². The third-order valence-corrected chi connectivity index (χ3v) is 6.00. The van der Waals surface area contributed by atoms with E-state index in [1.165, 1.54) is 22.1 Å². The fourth-order valence-electron chi connectivity index (χ4n) is 4.11. The molecule has 0 aromatic heterocycles. The van der Waals surface area contributed by atoms with E-state index in [9.17, 15) is 0 Å². The predicted octanol–water partition coefficient (Wildman–Crippen LogP) is 8.80. The number of benzene rings is 5. The molecule has 166 valence electrons. The van der Waals surface area contributed by atoms with Gasteiger partial charge < -0.3 is 9.64 Å². The molecule has 0 fully saturated rings. The molecular formula is C32H27NO. The number of anilines is 3. The second-order valence-corrected chi connectivity index (χ2v) is 8.40. The van der Waals surface area contributed by atoms with Crippen LogP contribution in [0.5, 0.6) is 5.75 Å². The molecule has 0 heterocycles. The summed E-state index contributed by atoms with van der Waals surface area (Å²) in [7, 11) is 1.70. The smallest absolute Gasteiger partial charge is 0.119 e. The zero-order valence-corrected chi connectivity index (χ0v) is 19.5. The molecule has 0 aliphatic carbocycles. The van der Waals surface area contributed by atoms with Gasteiger partial charge in [-0.3, -0.25) is 0 Å². The van der Waals surface area contributed by atoms with E-state index in [0.717, 1.165) is 28.2 Å². The van der Waals surface area contributed by atoms with Gasteiger partial charge in [0.2, 0.25) is 0 Å². The average molecular weight is 442 g/mol. The van der Waals surface area contributed by atoms with Crippen molar-refractivity contribution in [3.05, 3.63) is 132 Å². The molecule has 0 saturated carbocycles. The van der Waals surface area contributed by atoms with Gasteiger partial charge in [-0.1, -0.05) is 84.4 Å². The summed E-state index contributed by atoms with van der Waals surface area (Å²) in [5.41, 5.74) is 7.00. The Bertz CT molecular complexity index is 1420. The second-order valence-electron chi connectivity index (χ2n) is 8.40. The highest BCUT2D eigenvalue weighted by molar-refractivity contribution is 5.90. The summed E-state index contributed by atoms with van der Waals surface area (Å²) in [6.07, 6.45) is 4.31. The summed E-state index contributed by atoms with van der Waals surface area (Å²) in [6, 6.07) is 40.5. The van der Waals surface area contributed by atoms with Gasteiger partial charge in [-0.05, 0) is 77.4 Å². The quantitative estimate of drug-likeness (QED) is 0.244. The van der Waals surface area contributed by atoms with Crippen molar-refractivity contribution < 1.29 is 4.74 Å². The number of rotatable bonds is 6. The van der Waals surface area contributed by atoms with E-state index in [4.69, 9.17) is 4.74 Å². The number of hydrogen-bond donors (Lipinski definition) is 0. The summed E-state index contributed by atoms with van der Waals surface area (Å²) in [5.74, 6) is 0.870. The van der Waals surface area contributed by atoms with Crippen molar-refractivity contribution in [2.75, 3.05) is 12.0 Å². The van der Waals surface area contributed by atoms with E-state index >= 15 is 0 Å². The number of aryl methyl sites for hydroxylation is 1. The number of fused-ring (bicyclic) bond motifs is 1. The molecule has 0 aliphatic heterocycles. The Labute approximate surface area is 201 Å². The predicted molar refractivity (Wildman–Crippen MR) is 145 cm³/mol. The molecule has 0 aliphatic rings. The lowest BCUT2D eigenvalue weighted by Crippen LogP contribution is -2.09. The van der Waals surface area contributed by atoms with Crippen LogP contribution in [-0.4, -0.2) is 7.11 Å². The van der Waals surface area contributed by atoms with Gasteiger partial charge in [0.25, 0.3) is 0 Å². The minimum Gasteiger partial charge on any atom is -0.497 e. The van der Waals surface area contributed by atoms with Gasteiger partial charge in [0.05, 0.1) is 7.11 Å². The van der Waals surface area contributed by atoms with Gasteiger partial charge in [0.1, 0.15) is 5.75 Å². The fraction of sp³-hybridized carbons (Fsp3) is 0.0625. The molecule has 0 radical (unpaired) electrons. The number of methoxy groups -OCH3 is 1. The Hall–Kier alpha value is -4.30. The van der Waals surface area contributed by atoms with Crippen LogP contribution < -0.4 is 9.64 Å². The fourth-order valence-corrected chi connectivity index (χ4v) is 4.11. The van der Waals surface area contributed by atoms with E-state index in [-0.39, 0.29) is 0 Å². The molecule has 2 nitrogen and oxygen atoms in total. The molecule has 0 saturated heterocycles. The minimum absolute atomic E-state index is 0.870. The maximum Gasteiger partial charge on any atom is 0.119 e. The summed E-state index contributed by atoms with van der Waals surface area (Å²) in [5, 5.41) is 2.34. The summed E-state index contributed by atoms with van der Waals surface area (Å²) < 4.78 is 5.39. The van der Waals surface area contributed by atoms with E-state index < -0.39 is 0 Å². The molecule has 5 aromatic rings. The lowest BCUT2D eigenvalue weighted by Gasteiger charge is -2.26. The van der Waals surface area contributed by atoms with Crippen molar-refractivity contribution in [3.8, 4) is 5.75 Å². The zero-order chi connectivity index (χ0) is 23.3. The first-order valence-corrected chi connectivity index (χ1v) is 11.5. The molecule has 0 amide bonds. The molecule has 0 N–H and O–H groups in total. The lowest BCUT2D eigenvalue weighted by atomic mass is 10.1. The second kappa shape index (κ2) is 9.68. The normalized spacial score (nSPS) is 11.1. The van der Waals surface area contributed by atoms with Gasteiger partial charge in [-0.25, -0.2) is 0 Å². The van der Waals surface area contributed by atoms with Crippen LogP contribution in [0.4, 0.5) is 17.1 Å². The maximum absolute atomic E-state index is 5.39.